The molecule has 0 aliphatic rings. The fraction of sp³-hybridized carbons (Fsp3) is 0.278. The number of hydrogen-bond acceptors (Lipinski definition) is 4. The first-order valence-corrected chi connectivity index (χ1v) is 14.7. The van der Waals surface area contributed by atoms with Gasteiger partial charge in [-0.2, -0.15) is 0 Å². The van der Waals surface area contributed by atoms with E-state index < -0.39 is 0 Å². The number of carbonyl (C=O) groups excluding carboxylic acids is 2. The number of carbonyl (C=O) groups is 2. The normalized spacial score (nSPS) is 10.7. The molecule has 0 fully saturated rings. The van der Waals surface area contributed by atoms with Crippen molar-refractivity contribution in [2.45, 2.75) is 53.4 Å². The van der Waals surface area contributed by atoms with Crippen LogP contribution in [0, 0.1) is 13.8 Å². The van der Waals surface area contributed by atoms with Crippen molar-refractivity contribution in [2.75, 3.05) is 23.8 Å². The van der Waals surface area contributed by atoms with E-state index in [-0.39, 0.29) is 11.8 Å². The van der Waals surface area contributed by atoms with Gasteiger partial charge in [-0.15, -0.1) is 0 Å². The molecule has 4 rings (SSSR count). The summed E-state index contributed by atoms with van der Waals surface area (Å²) >= 11 is 0. The average molecular weight is 565 g/mol. The number of benzene rings is 4. The molecule has 218 valence electrons. The molecule has 0 aliphatic carbocycles. The zero-order valence-corrected chi connectivity index (χ0v) is 25.0. The van der Waals surface area contributed by atoms with Crippen LogP contribution in [0.25, 0.3) is 11.1 Å². The lowest BCUT2D eigenvalue weighted by atomic mass is 9.99. The van der Waals surface area contributed by atoms with E-state index in [0.717, 1.165) is 70.8 Å². The largest absolute Gasteiger partial charge is 0.494 e. The van der Waals surface area contributed by atoms with E-state index in [9.17, 15) is 9.59 Å². The second kappa shape index (κ2) is 14.9. The SMILES string of the molecule is CCCCOc1ccc(C(=O)Nc2ccc(-c3ccc(NC(=O)c4ccc(OCCCC)cc4)c(C)c3)cc2C)cc1. The van der Waals surface area contributed by atoms with Crippen LogP contribution in [0.1, 0.15) is 71.4 Å². The lowest BCUT2D eigenvalue weighted by molar-refractivity contribution is 0.101. The molecule has 0 bridgehead atoms. The molecule has 2 amide bonds. The second-order valence-corrected chi connectivity index (χ2v) is 10.4. The van der Waals surface area contributed by atoms with E-state index in [1.54, 1.807) is 24.3 Å². The first-order valence-electron chi connectivity index (χ1n) is 14.7. The van der Waals surface area contributed by atoms with Crippen molar-refractivity contribution in [2.24, 2.45) is 0 Å². The number of rotatable bonds is 13. The molecule has 2 N–H and O–H groups in total. The van der Waals surface area contributed by atoms with Crippen LogP contribution in [-0.4, -0.2) is 25.0 Å². The van der Waals surface area contributed by atoms with Gasteiger partial charge in [-0.25, -0.2) is 0 Å². The molecule has 6 heteroatoms. The van der Waals surface area contributed by atoms with Gasteiger partial charge >= 0.3 is 0 Å². The summed E-state index contributed by atoms with van der Waals surface area (Å²) in [4.78, 5) is 25.7. The zero-order valence-electron chi connectivity index (χ0n) is 25.0. The predicted octanol–water partition coefficient (Wildman–Crippen LogP) is 8.83. The molecule has 0 aliphatic heterocycles. The minimum Gasteiger partial charge on any atom is -0.494 e. The first-order chi connectivity index (χ1) is 20.4. The van der Waals surface area contributed by atoms with Crippen molar-refractivity contribution in [3.05, 3.63) is 107 Å². The Morgan fingerprint density at radius 2 is 0.952 bits per heavy atom. The lowest BCUT2D eigenvalue weighted by Gasteiger charge is -2.13. The Morgan fingerprint density at radius 3 is 1.29 bits per heavy atom. The highest BCUT2D eigenvalue weighted by Gasteiger charge is 2.12. The highest BCUT2D eigenvalue weighted by Crippen LogP contribution is 2.29. The number of hydrogen-bond donors (Lipinski definition) is 2. The monoisotopic (exact) mass is 564 g/mol. The van der Waals surface area contributed by atoms with Crippen LogP contribution in [0.15, 0.2) is 84.9 Å². The van der Waals surface area contributed by atoms with Crippen LogP contribution in [0.4, 0.5) is 11.4 Å². The fourth-order valence-electron chi connectivity index (χ4n) is 4.43. The topological polar surface area (TPSA) is 76.7 Å². The molecule has 0 radical (unpaired) electrons. The van der Waals surface area contributed by atoms with Crippen molar-refractivity contribution < 1.29 is 19.1 Å². The van der Waals surface area contributed by atoms with Crippen molar-refractivity contribution in [3.8, 4) is 22.6 Å². The maximum absolute atomic E-state index is 12.8. The third kappa shape index (κ3) is 8.23. The van der Waals surface area contributed by atoms with Gasteiger partial charge in [0.25, 0.3) is 11.8 Å². The second-order valence-electron chi connectivity index (χ2n) is 10.4. The van der Waals surface area contributed by atoms with Gasteiger partial charge in [0.15, 0.2) is 0 Å². The Balaban J connectivity index is 1.37. The molecule has 42 heavy (non-hydrogen) atoms. The van der Waals surface area contributed by atoms with E-state index in [0.29, 0.717) is 24.3 Å². The number of aryl methyl sites for hydroxylation is 2. The van der Waals surface area contributed by atoms with Gasteiger partial charge in [-0.05, 0) is 122 Å². The summed E-state index contributed by atoms with van der Waals surface area (Å²) < 4.78 is 11.4. The van der Waals surface area contributed by atoms with Gasteiger partial charge < -0.3 is 20.1 Å². The standard InChI is InChI=1S/C36H40N2O4/c1-5-7-21-41-31-15-9-27(10-16-31)35(39)37-33-19-13-29(23-25(33)3)30-14-20-34(26(4)24-30)38-36(40)28-11-17-32(18-12-28)42-22-8-6-2/h9-20,23-24H,5-8,21-22H2,1-4H3,(H,37,39)(H,38,40). The Kier molecular flexibility index (Phi) is 10.8. The third-order valence-electron chi connectivity index (χ3n) is 7.05. The molecule has 0 saturated heterocycles. The first kappa shape index (κ1) is 30.4. The quantitative estimate of drug-likeness (QED) is 0.159. The summed E-state index contributed by atoms with van der Waals surface area (Å²) in [6.07, 6.45) is 4.16. The maximum Gasteiger partial charge on any atom is 0.255 e. The summed E-state index contributed by atoms with van der Waals surface area (Å²) in [7, 11) is 0. The van der Waals surface area contributed by atoms with E-state index in [1.165, 1.54) is 0 Å². The third-order valence-corrected chi connectivity index (χ3v) is 7.05. The molecule has 0 spiro atoms. The highest BCUT2D eigenvalue weighted by atomic mass is 16.5. The molecule has 0 atom stereocenters. The van der Waals surface area contributed by atoms with Gasteiger partial charge in [0.2, 0.25) is 0 Å². The van der Waals surface area contributed by atoms with Gasteiger partial charge in [0, 0.05) is 22.5 Å². The number of amides is 2. The maximum atomic E-state index is 12.8. The van der Waals surface area contributed by atoms with Gasteiger partial charge in [0.1, 0.15) is 11.5 Å². The minimum absolute atomic E-state index is 0.166. The number of nitrogens with one attached hydrogen (secondary N) is 2. The molecule has 0 saturated carbocycles. The fourth-order valence-corrected chi connectivity index (χ4v) is 4.43. The summed E-state index contributed by atoms with van der Waals surface area (Å²) in [5.74, 6) is 1.20. The Morgan fingerprint density at radius 1 is 0.571 bits per heavy atom. The van der Waals surface area contributed by atoms with Gasteiger partial charge in [-0.1, -0.05) is 38.8 Å². The van der Waals surface area contributed by atoms with E-state index in [4.69, 9.17) is 9.47 Å². The number of ether oxygens (including phenoxy) is 2. The van der Waals surface area contributed by atoms with Crippen LogP contribution in [-0.2, 0) is 0 Å². The van der Waals surface area contributed by atoms with Gasteiger partial charge in [0.05, 0.1) is 13.2 Å². The number of unbranched alkanes of at least 4 members (excludes halogenated alkanes) is 2. The molecular weight excluding hydrogens is 524 g/mol. The number of anilines is 2. The Hall–Kier alpha value is -4.58. The highest BCUT2D eigenvalue weighted by molar-refractivity contribution is 6.05. The van der Waals surface area contributed by atoms with Crippen LogP contribution >= 0.6 is 0 Å². The minimum atomic E-state index is -0.166. The van der Waals surface area contributed by atoms with Crippen LogP contribution < -0.4 is 20.1 Å². The Bertz CT molecular complexity index is 1380. The Labute approximate surface area is 249 Å². The lowest BCUT2D eigenvalue weighted by Crippen LogP contribution is -2.13. The molecule has 0 aromatic heterocycles. The smallest absolute Gasteiger partial charge is 0.255 e. The van der Waals surface area contributed by atoms with Crippen molar-refractivity contribution in [3.63, 3.8) is 0 Å². The molecule has 6 nitrogen and oxygen atoms in total. The van der Waals surface area contributed by atoms with E-state index in [2.05, 4.69) is 36.6 Å². The van der Waals surface area contributed by atoms with E-state index in [1.807, 2.05) is 62.4 Å². The molecular formula is C36H40N2O4. The average Bonchev–Trinajstić information content (AvgIpc) is 3.00. The summed E-state index contributed by atoms with van der Waals surface area (Å²) in [6, 6.07) is 26.4. The molecule has 0 unspecified atom stereocenters. The predicted molar refractivity (Wildman–Crippen MR) is 171 cm³/mol. The molecule has 0 heterocycles. The summed E-state index contributed by atoms with van der Waals surface area (Å²) in [5.41, 5.74) is 6.63. The van der Waals surface area contributed by atoms with Gasteiger partial charge in [-0.3, -0.25) is 9.59 Å². The summed E-state index contributed by atoms with van der Waals surface area (Å²) in [6.45, 7) is 9.55. The van der Waals surface area contributed by atoms with Crippen LogP contribution in [0.3, 0.4) is 0 Å². The van der Waals surface area contributed by atoms with Crippen LogP contribution in [0.5, 0.6) is 11.5 Å². The molecule has 4 aromatic rings. The van der Waals surface area contributed by atoms with E-state index >= 15 is 0 Å². The van der Waals surface area contributed by atoms with Crippen molar-refractivity contribution in [1.82, 2.24) is 0 Å². The van der Waals surface area contributed by atoms with Crippen molar-refractivity contribution >= 4 is 23.2 Å². The zero-order chi connectivity index (χ0) is 29.9. The van der Waals surface area contributed by atoms with Crippen molar-refractivity contribution in [1.29, 1.82) is 0 Å². The van der Waals surface area contributed by atoms with Crippen LogP contribution in [0.2, 0.25) is 0 Å². The summed E-state index contributed by atoms with van der Waals surface area (Å²) in [5, 5.41) is 6.03. The molecule has 4 aromatic carbocycles.